The Morgan fingerprint density at radius 3 is 1.70 bits per heavy atom. The van der Waals surface area contributed by atoms with Crippen LogP contribution in [0.3, 0.4) is 0 Å². The van der Waals surface area contributed by atoms with Crippen LogP contribution in [0.1, 0.15) is 64.2 Å². The number of anilines is 2. The minimum Gasteiger partial charge on any atom is -0.412 e. The number of hydrogen-bond acceptors (Lipinski definition) is 4. The summed E-state index contributed by atoms with van der Waals surface area (Å²) in [6.07, 6.45) is 12.4. The maximum Gasteiger partial charge on any atom is 0.255 e. The summed E-state index contributed by atoms with van der Waals surface area (Å²) in [5, 5.41) is 2.87. The van der Waals surface area contributed by atoms with Gasteiger partial charge in [-0.2, -0.15) is 0 Å². The van der Waals surface area contributed by atoms with Gasteiger partial charge in [-0.3, -0.25) is 4.79 Å². The van der Waals surface area contributed by atoms with Crippen LogP contribution in [-0.4, -0.2) is 35.9 Å². The van der Waals surface area contributed by atoms with Crippen LogP contribution in [0.15, 0.2) is 54.1 Å². The molecule has 0 bridgehead atoms. The summed E-state index contributed by atoms with van der Waals surface area (Å²) in [4.78, 5) is 16.8. The Labute approximate surface area is 335 Å². The lowest BCUT2D eigenvalue weighted by atomic mass is 10.00. The maximum absolute atomic E-state index is 12.4. The summed E-state index contributed by atoms with van der Waals surface area (Å²) in [6, 6.07) is 15.1. The molecule has 2 aromatic carbocycles. The SMILES string of the molecule is C#CC#CC#CC#CC#CC#CC#CC#CC#CC#CC#CC.Nc1ccccc1NC(=O)c1ccc(C=C2CCN(CC3CC3)CC2)cc1.O.[HH].[HH].[HH].[HH].[HH].[HH].[HH].[HH].[HH].[HH].[HH].[N-]=[N+]=N. The average Bonchev–Trinajstić information content (AvgIpc) is 3.99. The molecule has 6 N–H and O–H groups in total. The van der Waals surface area contributed by atoms with Crippen LogP contribution in [0, 0.1) is 142 Å². The number of rotatable bonds is 5. The number of carbonyl (C=O) groups excluding carboxylic acids is 1. The predicted octanol–water partition coefficient (Wildman–Crippen LogP) is 7.84. The topological polar surface area (TPSA) is 150 Å². The molecule has 1 saturated carbocycles. The quantitative estimate of drug-likeness (QED) is 0.0948. The number of nitrogens with one attached hydrogen (secondary N) is 2. The van der Waals surface area contributed by atoms with Gasteiger partial charge in [0.25, 0.3) is 5.91 Å². The first kappa shape index (κ1) is 43.9. The van der Waals surface area contributed by atoms with E-state index in [0.717, 1.165) is 24.3 Å². The smallest absolute Gasteiger partial charge is 0.255 e. The second kappa shape index (κ2) is 28.7. The molecule has 1 saturated heterocycles. The van der Waals surface area contributed by atoms with Crippen molar-refractivity contribution in [2.45, 2.75) is 32.6 Å². The number of likely N-dealkylation sites (tertiary alicyclic amines) is 1. The van der Waals surface area contributed by atoms with E-state index in [1.807, 2.05) is 42.5 Å². The number of nitrogens with two attached hydrogens (primary N) is 1. The van der Waals surface area contributed by atoms with E-state index in [1.54, 1.807) is 17.9 Å². The van der Waals surface area contributed by atoms with E-state index in [9.17, 15) is 4.79 Å². The molecule has 2 fully saturated rings. The Morgan fingerprint density at radius 1 is 0.833 bits per heavy atom. The van der Waals surface area contributed by atoms with Crippen molar-refractivity contribution in [1.29, 1.82) is 5.53 Å². The first-order valence-electron chi connectivity index (χ1n) is 16.1. The van der Waals surface area contributed by atoms with Crippen molar-refractivity contribution < 1.29 is 26.0 Å². The van der Waals surface area contributed by atoms with Crippen LogP contribution in [-0.2, 0) is 0 Å². The van der Waals surface area contributed by atoms with Crippen LogP contribution in [0.25, 0.3) is 16.5 Å². The highest BCUT2D eigenvalue weighted by Crippen LogP contribution is 2.31. The van der Waals surface area contributed by atoms with Crippen LogP contribution in [0.5, 0.6) is 0 Å². The fraction of sp³-hybridized carbons (Fsp3) is 0.196. The van der Waals surface area contributed by atoms with Gasteiger partial charge in [-0.1, -0.05) is 41.8 Å². The number of nitrogen functional groups attached to an aromatic ring is 1. The number of nitrogens with zero attached hydrogens (tertiary/aromatic N) is 3. The summed E-state index contributed by atoms with van der Waals surface area (Å²) < 4.78 is 0. The largest absolute Gasteiger partial charge is 0.412 e. The minimum atomic E-state index is -0.138. The summed E-state index contributed by atoms with van der Waals surface area (Å²) in [5.41, 5.74) is 22.7. The molecule has 0 radical (unpaired) electrons. The molecule has 1 aliphatic carbocycles. The highest BCUT2D eigenvalue weighted by molar-refractivity contribution is 6.05. The molecule has 2 aliphatic rings. The minimum absolute atomic E-state index is 0. The van der Waals surface area contributed by atoms with Crippen LogP contribution >= 0.6 is 0 Å². The Bertz CT molecular complexity index is 2430. The first-order chi connectivity index (χ1) is 26.0. The monoisotopic (exact) mass is 724 g/mol. The third-order valence-electron chi connectivity index (χ3n) is 6.79. The van der Waals surface area contributed by atoms with Gasteiger partial charge in [-0.05, 0) is 174 Å². The van der Waals surface area contributed by atoms with Gasteiger partial charge in [0.15, 0.2) is 0 Å². The highest BCUT2D eigenvalue weighted by atomic mass is 16.1. The third-order valence-corrected chi connectivity index (χ3v) is 6.79. The number of amides is 1. The molecule has 8 heteroatoms. The molecule has 1 amide bonds. The van der Waals surface area contributed by atoms with Gasteiger partial charge < -0.3 is 21.4 Å². The second-order valence-electron chi connectivity index (χ2n) is 10.6. The highest BCUT2D eigenvalue weighted by Gasteiger charge is 2.25. The van der Waals surface area contributed by atoms with Crippen molar-refractivity contribution >= 4 is 23.4 Å². The zero-order valence-electron chi connectivity index (χ0n) is 29.6. The van der Waals surface area contributed by atoms with Crippen LogP contribution in [0.4, 0.5) is 11.4 Å². The van der Waals surface area contributed by atoms with Gasteiger partial charge in [0.2, 0.25) is 0 Å². The van der Waals surface area contributed by atoms with Crippen molar-refractivity contribution in [3.05, 3.63) is 75.7 Å². The number of piperidine rings is 1. The average molecular weight is 725 g/mol. The molecule has 8 nitrogen and oxygen atoms in total. The van der Waals surface area contributed by atoms with Crippen LogP contribution < -0.4 is 11.1 Å². The molecular weight excluding hydrogens is 669 g/mol. The van der Waals surface area contributed by atoms with Crippen molar-refractivity contribution in [2.75, 3.05) is 30.7 Å². The van der Waals surface area contributed by atoms with Crippen molar-refractivity contribution in [3.63, 3.8) is 0 Å². The molecule has 4 rings (SSSR count). The lowest BCUT2D eigenvalue weighted by molar-refractivity contribution is 0.102. The van der Waals surface area contributed by atoms with Gasteiger partial charge in [0.05, 0.1) is 11.4 Å². The molecule has 282 valence electrons. The lowest BCUT2D eigenvalue weighted by Crippen LogP contribution is -2.32. The molecule has 0 atom stereocenters. The van der Waals surface area contributed by atoms with Gasteiger partial charge >= 0.3 is 0 Å². The van der Waals surface area contributed by atoms with E-state index in [2.05, 4.69) is 141 Å². The zero-order valence-corrected chi connectivity index (χ0v) is 29.6. The molecule has 0 spiro atoms. The second-order valence-corrected chi connectivity index (χ2v) is 10.6. The third kappa shape index (κ3) is 21.0. The van der Waals surface area contributed by atoms with Crippen molar-refractivity contribution in [1.82, 2.24) is 4.90 Å². The molecule has 1 heterocycles. The van der Waals surface area contributed by atoms with Gasteiger partial charge in [-0.15, -0.1) is 12.0 Å². The Balaban J connectivity index is -0.0000000807. The first-order valence-corrected chi connectivity index (χ1v) is 16.1. The molecular formula is C46H56N6O2. The van der Waals surface area contributed by atoms with Crippen LogP contribution in [0.2, 0.25) is 0 Å². The van der Waals surface area contributed by atoms with E-state index in [1.165, 1.54) is 38.0 Å². The standard InChI is InChI=1S/C23H27N3O.C23H4.HN3.H2O.11H2/c24-21-3-1-2-4-22(21)25-23(27)20-9-7-17(8-10-20)15-18-11-13-26(14-12-18)16-19-5-6-19;1-3-5-7-9-11-13-15-17-19-21-23-22-20-18-16-14-12-10-8-6-4-2;1-3-2;;;;;;;;;;;;/h1-4,7-10,15,19H,5-6,11-14,16,24H2,(H,25,27);1H,2H3;1H;1H2;11*1H. The Morgan fingerprint density at radius 2 is 1.28 bits per heavy atom. The number of carbonyl (C=O) groups is 1. The normalized spacial score (nSPS) is 10.6. The van der Waals surface area contributed by atoms with E-state index >= 15 is 0 Å². The lowest BCUT2D eigenvalue weighted by Gasteiger charge is -2.28. The molecule has 54 heavy (non-hydrogen) atoms. The van der Waals surface area contributed by atoms with Crippen molar-refractivity contribution in [3.8, 4) is 131 Å². The van der Waals surface area contributed by atoms with E-state index in [4.69, 9.17) is 23.2 Å². The summed E-state index contributed by atoms with van der Waals surface area (Å²) in [7, 11) is 0. The summed E-state index contributed by atoms with van der Waals surface area (Å²) in [5.74, 6) is 52.7. The zero-order chi connectivity index (χ0) is 38.2. The number of terminal acetylenes is 1. The van der Waals surface area contributed by atoms with Gasteiger partial charge in [0.1, 0.15) is 0 Å². The predicted molar refractivity (Wildman–Crippen MR) is 240 cm³/mol. The van der Waals surface area contributed by atoms with E-state index in [-0.39, 0.29) is 27.1 Å². The number of hydrogen-bond donors (Lipinski definition) is 3. The van der Waals surface area contributed by atoms with E-state index < -0.39 is 0 Å². The van der Waals surface area contributed by atoms with Gasteiger partial charge in [0, 0.05) is 64.6 Å². The Hall–Kier alpha value is -8.16. The fourth-order valence-electron chi connectivity index (χ4n) is 4.23. The summed E-state index contributed by atoms with van der Waals surface area (Å²) >= 11 is 0. The summed E-state index contributed by atoms with van der Waals surface area (Å²) in [6.45, 7) is 5.35. The molecule has 0 unspecified atom stereocenters. The fourth-order valence-corrected chi connectivity index (χ4v) is 4.23. The van der Waals surface area contributed by atoms with Crippen molar-refractivity contribution in [2.24, 2.45) is 5.92 Å². The number of benzene rings is 2. The van der Waals surface area contributed by atoms with E-state index in [0.29, 0.717) is 16.9 Å². The molecule has 1 aliphatic heterocycles. The Kier molecular flexibility index (Phi) is 23.3. The molecule has 0 aromatic heterocycles. The van der Waals surface area contributed by atoms with Gasteiger partial charge in [-0.25, -0.2) is 0 Å². The number of para-hydroxylation sites is 2. The maximum atomic E-state index is 12.4. The molecule has 2 aromatic rings.